The van der Waals surface area contributed by atoms with Crippen LogP contribution in [0.1, 0.15) is 142 Å². The lowest BCUT2D eigenvalue weighted by atomic mass is 9.97. The van der Waals surface area contributed by atoms with Crippen LogP contribution in [0.25, 0.3) is 0 Å². The summed E-state index contributed by atoms with van der Waals surface area (Å²) in [5.74, 6) is -0.272. The number of ether oxygens (including phenoxy) is 4. The van der Waals surface area contributed by atoms with Gasteiger partial charge in [0.2, 0.25) is 5.91 Å². The van der Waals surface area contributed by atoms with E-state index in [9.17, 15) is 45.6 Å². The van der Waals surface area contributed by atoms with Gasteiger partial charge in [0.05, 0.1) is 32.0 Å². The Labute approximate surface area is 419 Å². The molecule has 0 radical (unpaired) electrons. The minimum absolute atomic E-state index is 0.252. The Morgan fingerprint density at radius 2 is 1.01 bits per heavy atom. The Balaban J connectivity index is 1.74. The van der Waals surface area contributed by atoms with Gasteiger partial charge in [0.1, 0.15) is 48.8 Å². The van der Waals surface area contributed by atoms with Gasteiger partial charge in [0, 0.05) is 6.42 Å². The van der Waals surface area contributed by atoms with Gasteiger partial charge in [-0.1, -0.05) is 155 Å². The van der Waals surface area contributed by atoms with Crippen molar-refractivity contribution in [3.05, 3.63) is 109 Å². The Morgan fingerprint density at radius 3 is 1.57 bits per heavy atom. The smallest absolute Gasteiger partial charge is 0.220 e. The van der Waals surface area contributed by atoms with Gasteiger partial charge in [0.25, 0.3) is 0 Å². The Hall–Kier alpha value is -3.35. The summed E-state index contributed by atoms with van der Waals surface area (Å²) in [6, 6.07) is -0.948. The van der Waals surface area contributed by atoms with Gasteiger partial charge in [-0.3, -0.25) is 4.79 Å². The highest BCUT2D eigenvalue weighted by molar-refractivity contribution is 5.76. The number of amides is 1. The van der Waals surface area contributed by atoms with E-state index in [1.54, 1.807) is 6.08 Å². The van der Waals surface area contributed by atoms with Crippen LogP contribution in [-0.4, -0.2) is 140 Å². The number of hydrogen-bond acceptors (Lipinski definition) is 13. The monoisotopic (exact) mass is 986 g/mol. The highest BCUT2D eigenvalue weighted by Gasteiger charge is 2.51. The molecule has 12 unspecified atom stereocenters. The largest absolute Gasteiger partial charge is 0.394 e. The third-order valence-corrected chi connectivity index (χ3v) is 12.0. The van der Waals surface area contributed by atoms with Crippen LogP contribution in [-0.2, 0) is 23.7 Å². The van der Waals surface area contributed by atoms with E-state index in [4.69, 9.17) is 18.9 Å². The number of nitrogens with one attached hydrogen (secondary N) is 1. The van der Waals surface area contributed by atoms with E-state index >= 15 is 0 Å². The number of hydrogen-bond donors (Lipinski definition) is 9. The number of carbonyl (C=O) groups excluding carboxylic acids is 1. The van der Waals surface area contributed by atoms with Crippen molar-refractivity contribution >= 4 is 5.91 Å². The second kappa shape index (κ2) is 41.2. The van der Waals surface area contributed by atoms with Gasteiger partial charge in [-0.05, 0) is 90.4 Å². The van der Waals surface area contributed by atoms with Crippen LogP contribution in [0.4, 0.5) is 0 Å². The molecule has 0 aromatic carbocycles. The van der Waals surface area contributed by atoms with Crippen molar-refractivity contribution in [3.8, 4) is 0 Å². The molecular formula is C56H91NO13. The van der Waals surface area contributed by atoms with Gasteiger partial charge in [0.15, 0.2) is 12.6 Å². The Kier molecular flexibility index (Phi) is 36.9. The average Bonchev–Trinajstić information content (AvgIpc) is 3.36. The fraction of sp³-hybridized carbons (Fsp3) is 0.661. The van der Waals surface area contributed by atoms with Crippen LogP contribution >= 0.6 is 0 Å². The van der Waals surface area contributed by atoms with Crippen molar-refractivity contribution < 1.29 is 64.6 Å². The lowest BCUT2D eigenvalue weighted by Gasteiger charge is -2.46. The molecule has 398 valence electrons. The van der Waals surface area contributed by atoms with Gasteiger partial charge < -0.3 is 65.1 Å². The second-order valence-corrected chi connectivity index (χ2v) is 17.9. The zero-order chi connectivity index (χ0) is 51.0. The summed E-state index contributed by atoms with van der Waals surface area (Å²) in [7, 11) is 0. The number of unbranched alkanes of at least 4 members (excludes halogenated alkanes) is 10. The maximum atomic E-state index is 13.2. The van der Waals surface area contributed by atoms with Crippen LogP contribution in [0.5, 0.6) is 0 Å². The number of carbonyl (C=O) groups is 1. The van der Waals surface area contributed by atoms with E-state index in [2.05, 4.69) is 103 Å². The summed E-state index contributed by atoms with van der Waals surface area (Å²) in [4.78, 5) is 13.2. The Morgan fingerprint density at radius 1 is 0.543 bits per heavy atom. The van der Waals surface area contributed by atoms with Crippen molar-refractivity contribution in [2.75, 3.05) is 19.8 Å². The fourth-order valence-corrected chi connectivity index (χ4v) is 7.80. The van der Waals surface area contributed by atoms with Crippen LogP contribution in [0.3, 0.4) is 0 Å². The molecule has 1 amide bonds. The first-order valence-electron chi connectivity index (χ1n) is 26.1. The molecule has 14 nitrogen and oxygen atoms in total. The van der Waals surface area contributed by atoms with Crippen LogP contribution in [0.2, 0.25) is 0 Å². The SMILES string of the molecule is C/C=C/CC/C=C/CC/C=C/C(O)C(COC1OC(CO)C(OC2OC(CO)C(O)C(O)C2O)C(O)C1O)NC(=O)CCCCCCCCCC/C=C\C/C=C\C/C=C\C/C=C\C/C=C\C/C=C\CC. The molecule has 0 saturated carbocycles. The molecule has 14 heteroatoms. The molecule has 0 spiro atoms. The first kappa shape index (κ1) is 62.8. The van der Waals surface area contributed by atoms with Crippen LogP contribution in [0.15, 0.2) is 109 Å². The zero-order valence-corrected chi connectivity index (χ0v) is 42.2. The molecule has 70 heavy (non-hydrogen) atoms. The van der Waals surface area contributed by atoms with Crippen LogP contribution in [0, 0.1) is 0 Å². The van der Waals surface area contributed by atoms with E-state index in [1.807, 2.05) is 19.1 Å². The molecule has 12 atom stereocenters. The number of aliphatic hydroxyl groups excluding tert-OH is 8. The summed E-state index contributed by atoms with van der Waals surface area (Å²) in [6.07, 6.45) is 40.2. The maximum Gasteiger partial charge on any atom is 0.220 e. The van der Waals surface area contributed by atoms with E-state index in [0.29, 0.717) is 12.8 Å². The van der Waals surface area contributed by atoms with Gasteiger partial charge in [-0.2, -0.15) is 0 Å². The minimum Gasteiger partial charge on any atom is -0.394 e. The molecule has 2 heterocycles. The molecule has 9 N–H and O–H groups in total. The topological polar surface area (TPSA) is 228 Å². The maximum absolute atomic E-state index is 13.2. The summed E-state index contributed by atoms with van der Waals surface area (Å²) in [6.45, 7) is 2.37. The first-order valence-corrected chi connectivity index (χ1v) is 26.1. The van der Waals surface area contributed by atoms with Crippen molar-refractivity contribution in [1.82, 2.24) is 5.32 Å². The summed E-state index contributed by atoms with van der Waals surface area (Å²) in [5.41, 5.74) is 0. The highest BCUT2D eigenvalue weighted by atomic mass is 16.7. The van der Waals surface area contributed by atoms with Gasteiger partial charge in [-0.25, -0.2) is 0 Å². The highest BCUT2D eigenvalue weighted by Crippen LogP contribution is 2.30. The molecular weight excluding hydrogens is 895 g/mol. The molecule has 2 aliphatic rings. The van der Waals surface area contributed by atoms with Gasteiger partial charge in [-0.15, -0.1) is 0 Å². The third kappa shape index (κ3) is 27.5. The second-order valence-electron chi connectivity index (χ2n) is 17.9. The van der Waals surface area contributed by atoms with Crippen molar-refractivity contribution in [2.24, 2.45) is 0 Å². The van der Waals surface area contributed by atoms with E-state index < -0.39 is 86.8 Å². The summed E-state index contributed by atoms with van der Waals surface area (Å²) in [5, 5.41) is 86.5. The lowest BCUT2D eigenvalue weighted by Crippen LogP contribution is -2.65. The van der Waals surface area contributed by atoms with Crippen molar-refractivity contribution in [2.45, 2.75) is 216 Å². The van der Waals surface area contributed by atoms with Crippen molar-refractivity contribution in [1.29, 1.82) is 0 Å². The number of allylic oxidation sites excluding steroid dienone is 17. The fourth-order valence-electron chi connectivity index (χ4n) is 7.80. The molecule has 2 rings (SSSR count). The van der Waals surface area contributed by atoms with Gasteiger partial charge >= 0.3 is 0 Å². The van der Waals surface area contributed by atoms with E-state index in [-0.39, 0.29) is 18.9 Å². The summed E-state index contributed by atoms with van der Waals surface area (Å²) >= 11 is 0. The quantitative estimate of drug-likeness (QED) is 0.0219. The first-order chi connectivity index (χ1) is 34.1. The third-order valence-electron chi connectivity index (χ3n) is 12.0. The summed E-state index contributed by atoms with van der Waals surface area (Å²) < 4.78 is 22.6. The molecule has 2 fully saturated rings. The normalized spacial score (nSPS) is 26.9. The minimum atomic E-state index is -1.80. The predicted octanol–water partition coefficient (Wildman–Crippen LogP) is 7.32. The molecule has 2 aliphatic heterocycles. The molecule has 0 aromatic rings. The van der Waals surface area contributed by atoms with Crippen molar-refractivity contribution in [3.63, 3.8) is 0 Å². The molecule has 0 bridgehead atoms. The van der Waals surface area contributed by atoms with E-state index in [0.717, 1.165) is 89.9 Å². The molecule has 0 aliphatic carbocycles. The average molecular weight is 986 g/mol. The standard InChI is InChI=1S/C56H91NO13/c1-3-5-7-9-11-13-14-15-16-17-18-19-20-21-22-23-24-25-26-27-28-29-30-32-34-36-38-40-48(61)57-44(45(60)39-37-35-33-31-12-10-8-6-4-2)43-67-55-53(66)51(64)54(47(42-59)69-55)70-56-52(65)50(63)49(62)46(41-58)68-56/h4-7,11-13,15-16,18-19,21-22,24-25,31,37,39,44-47,49-56,58-60,62-66H,3,8-10,14,17,20,23,26-30,32-36,38,40-43H2,1-2H3,(H,57,61)/b6-4+,7-5-,13-11-,16-15-,19-18-,22-21-,25-24-,31-12+,39-37+. The zero-order valence-electron chi connectivity index (χ0n) is 42.2. The number of aliphatic hydroxyl groups is 8. The van der Waals surface area contributed by atoms with E-state index in [1.165, 1.54) is 19.3 Å². The molecule has 2 saturated heterocycles. The number of rotatable bonds is 38. The Bertz CT molecular complexity index is 1590. The lowest BCUT2D eigenvalue weighted by molar-refractivity contribution is -0.359. The molecule has 0 aromatic heterocycles. The van der Waals surface area contributed by atoms with Crippen LogP contribution < -0.4 is 5.32 Å². The predicted molar refractivity (Wildman–Crippen MR) is 276 cm³/mol.